The Morgan fingerprint density at radius 3 is 2.37 bits per heavy atom. The lowest BCUT2D eigenvalue weighted by atomic mass is 9.98. The van der Waals surface area contributed by atoms with E-state index in [-0.39, 0.29) is 24.0 Å². The van der Waals surface area contributed by atoms with E-state index in [2.05, 4.69) is 50.6 Å². The molecule has 3 fully saturated rings. The molecule has 4 rings (SSSR count). The molecule has 0 atom stereocenters. The van der Waals surface area contributed by atoms with Gasteiger partial charge in [0, 0.05) is 38.4 Å². The number of piperidine rings is 1. The van der Waals surface area contributed by atoms with Gasteiger partial charge >= 0.3 is 0 Å². The Hall–Kier alpha value is -1.05. The van der Waals surface area contributed by atoms with Crippen molar-refractivity contribution in [2.75, 3.05) is 31.6 Å². The fraction of sp³-hybridized carbons (Fsp3) is 0.714. The minimum atomic E-state index is 0. The zero-order valence-electron chi connectivity index (χ0n) is 16.7. The van der Waals surface area contributed by atoms with Gasteiger partial charge in [-0.05, 0) is 75.3 Å². The largest absolute Gasteiger partial charge is 0.356 e. The molecule has 1 aromatic heterocycles. The van der Waals surface area contributed by atoms with Gasteiger partial charge in [-0.15, -0.1) is 24.0 Å². The summed E-state index contributed by atoms with van der Waals surface area (Å²) in [6.45, 7) is 5.26. The van der Waals surface area contributed by atoms with Crippen LogP contribution in [0.2, 0.25) is 0 Å². The van der Waals surface area contributed by atoms with Crippen molar-refractivity contribution in [2.24, 2.45) is 22.7 Å². The van der Waals surface area contributed by atoms with Gasteiger partial charge in [-0.25, -0.2) is 4.98 Å². The molecule has 1 saturated heterocycles. The third-order valence-corrected chi connectivity index (χ3v) is 6.22. The molecule has 1 aliphatic heterocycles. The average Bonchev–Trinajstić information content (AvgIpc) is 3.55. The van der Waals surface area contributed by atoms with Gasteiger partial charge in [-0.1, -0.05) is 6.07 Å². The highest BCUT2D eigenvalue weighted by Gasteiger charge is 2.41. The van der Waals surface area contributed by atoms with Gasteiger partial charge < -0.3 is 15.5 Å². The predicted molar refractivity (Wildman–Crippen MR) is 123 cm³/mol. The van der Waals surface area contributed by atoms with Gasteiger partial charge in [0.25, 0.3) is 0 Å². The van der Waals surface area contributed by atoms with Crippen LogP contribution in [-0.4, -0.2) is 43.7 Å². The number of hydrogen-bond donors (Lipinski definition) is 2. The third kappa shape index (κ3) is 5.72. The average molecular weight is 483 g/mol. The van der Waals surface area contributed by atoms with Crippen LogP contribution >= 0.6 is 24.0 Å². The Morgan fingerprint density at radius 1 is 1.15 bits per heavy atom. The quantitative estimate of drug-likeness (QED) is 0.369. The lowest BCUT2D eigenvalue weighted by Crippen LogP contribution is -2.49. The number of rotatable bonds is 6. The van der Waals surface area contributed by atoms with Crippen LogP contribution < -0.4 is 15.5 Å². The van der Waals surface area contributed by atoms with Crippen LogP contribution in [-0.2, 0) is 0 Å². The van der Waals surface area contributed by atoms with Gasteiger partial charge in [0.2, 0.25) is 0 Å². The topological polar surface area (TPSA) is 52.6 Å². The highest BCUT2D eigenvalue weighted by Crippen LogP contribution is 2.48. The maximum absolute atomic E-state index is 4.66. The molecule has 0 radical (unpaired) electrons. The van der Waals surface area contributed by atoms with Crippen LogP contribution in [0.4, 0.5) is 5.82 Å². The van der Waals surface area contributed by atoms with Crippen molar-refractivity contribution in [2.45, 2.75) is 51.5 Å². The third-order valence-electron chi connectivity index (χ3n) is 6.22. The first-order valence-corrected chi connectivity index (χ1v) is 10.4. The first-order chi connectivity index (χ1) is 12.7. The Morgan fingerprint density at radius 2 is 1.81 bits per heavy atom. The van der Waals surface area contributed by atoms with E-state index in [9.17, 15) is 0 Å². The van der Waals surface area contributed by atoms with E-state index in [0.717, 1.165) is 67.7 Å². The summed E-state index contributed by atoms with van der Waals surface area (Å²) >= 11 is 0. The highest BCUT2D eigenvalue weighted by molar-refractivity contribution is 14.0. The summed E-state index contributed by atoms with van der Waals surface area (Å²) in [4.78, 5) is 11.5. The first kappa shape index (κ1) is 20.7. The Balaban J connectivity index is 0.00000210. The second-order valence-electron chi connectivity index (χ2n) is 8.33. The fourth-order valence-electron chi connectivity index (χ4n) is 4.33. The van der Waals surface area contributed by atoms with Crippen LogP contribution in [0.25, 0.3) is 0 Å². The molecule has 27 heavy (non-hydrogen) atoms. The number of anilines is 1. The van der Waals surface area contributed by atoms with E-state index >= 15 is 0 Å². The van der Waals surface area contributed by atoms with Crippen molar-refractivity contribution >= 4 is 35.8 Å². The second-order valence-corrected chi connectivity index (χ2v) is 8.33. The molecule has 2 aliphatic carbocycles. The van der Waals surface area contributed by atoms with Crippen LogP contribution in [0, 0.1) is 24.7 Å². The Labute approximate surface area is 180 Å². The molecule has 5 nitrogen and oxygen atoms in total. The standard InChI is InChI=1S/C21H33N5.HI/c1-15-4-3-5-20(24-15)26-12-10-18(11-13-26)25-21(22-2)23-14-19(16-6-7-16)17-8-9-17;/h3-5,16-19H,6-14H2,1-2H3,(H2,22,23,25);1H. The van der Waals surface area contributed by atoms with Crippen LogP contribution in [0.5, 0.6) is 0 Å². The van der Waals surface area contributed by atoms with Crippen molar-refractivity contribution in [3.8, 4) is 0 Å². The summed E-state index contributed by atoms with van der Waals surface area (Å²) in [6, 6.07) is 6.79. The number of halogens is 1. The van der Waals surface area contributed by atoms with E-state index in [1.807, 2.05) is 7.05 Å². The van der Waals surface area contributed by atoms with Crippen molar-refractivity contribution < 1.29 is 0 Å². The second kappa shape index (κ2) is 9.43. The summed E-state index contributed by atoms with van der Waals surface area (Å²) in [5.41, 5.74) is 1.09. The summed E-state index contributed by atoms with van der Waals surface area (Å²) in [7, 11) is 1.89. The number of aromatic nitrogens is 1. The fourth-order valence-corrected chi connectivity index (χ4v) is 4.33. The van der Waals surface area contributed by atoms with E-state index in [1.54, 1.807) is 0 Å². The van der Waals surface area contributed by atoms with E-state index < -0.39 is 0 Å². The maximum Gasteiger partial charge on any atom is 0.191 e. The van der Waals surface area contributed by atoms with E-state index in [0.29, 0.717) is 6.04 Å². The Bertz CT molecular complexity index is 621. The van der Waals surface area contributed by atoms with E-state index in [1.165, 1.54) is 25.7 Å². The molecule has 0 bridgehead atoms. The van der Waals surface area contributed by atoms with Crippen LogP contribution in [0.1, 0.15) is 44.2 Å². The van der Waals surface area contributed by atoms with Gasteiger partial charge in [0.15, 0.2) is 5.96 Å². The van der Waals surface area contributed by atoms with Gasteiger partial charge in [-0.2, -0.15) is 0 Å². The molecule has 1 aromatic rings. The lowest BCUT2D eigenvalue weighted by molar-refractivity contribution is 0.396. The molecule has 0 unspecified atom stereocenters. The summed E-state index contributed by atoms with van der Waals surface area (Å²) in [5, 5.41) is 7.28. The van der Waals surface area contributed by atoms with Crippen LogP contribution in [0.3, 0.4) is 0 Å². The summed E-state index contributed by atoms with van der Waals surface area (Å²) in [5.74, 6) is 4.95. The monoisotopic (exact) mass is 483 g/mol. The summed E-state index contributed by atoms with van der Waals surface area (Å²) in [6.07, 6.45) is 8.04. The minimum absolute atomic E-state index is 0. The normalized spacial score (nSPS) is 21.1. The molecule has 2 heterocycles. The lowest BCUT2D eigenvalue weighted by Gasteiger charge is -2.34. The number of hydrogen-bond acceptors (Lipinski definition) is 3. The molecule has 3 aliphatic rings. The maximum atomic E-state index is 4.66. The van der Waals surface area contributed by atoms with Crippen molar-refractivity contribution in [1.29, 1.82) is 0 Å². The zero-order valence-corrected chi connectivity index (χ0v) is 19.0. The van der Waals surface area contributed by atoms with Gasteiger partial charge in [-0.3, -0.25) is 4.99 Å². The number of nitrogens with one attached hydrogen (secondary N) is 2. The molecular formula is C21H34IN5. The molecular weight excluding hydrogens is 449 g/mol. The molecule has 2 saturated carbocycles. The number of guanidine groups is 1. The van der Waals surface area contributed by atoms with Crippen molar-refractivity contribution in [1.82, 2.24) is 15.6 Å². The van der Waals surface area contributed by atoms with Gasteiger partial charge in [0.05, 0.1) is 0 Å². The SMILES string of the molecule is CN=C(NCC(C1CC1)C1CC1)NC1CCN(c2cccc(C)n2)CC1.I. The number of nitrogens with zero attached hydrogens (tertiary/aromatic N) is 3. The molecule has 2 N–H and O–H groups in total. The van der Waals surface area contributed by atoms with Crippen LogP contribution in [0.15, 0.2) is 23.2 Å². The minimum Gasteiger partial charge on any atom is -0.356 e. The highest BCUT2D eigenvalue weighted by atomic mass is 127. The number of aliphatic imine (C=N–C) groups is 1. The Kier molecular flexibility index (Phi) is 7.22. The molecule has 6 heteroatoms. The van der Waals surface area contributed by atoms with Gasteiger partial charge in [0.1, 0.15) is 5.82 Å². The summed E-state index contributed by atoms with van der Waals surface area (Å²) < 4.78 is 0. The van der Waals surface area contributed by atoms with E-state index in [4.69, 9.17) is 0 Å². The smallest absolute Gasteiger partial charge is 0.191 e. The number of aryl methyl sites for hydroxylation is 1. The molecule has 0 aromatic carbocycles. The van der Waals surface area contributed by atoms with Crippen molar-refractivity contribution in [3.63, 3.8) is 0 Å². The molecule has 0 spiro atoms. The molecule has 150 valence electrons. The zero-order chi connectivity index (χ0) is 17.9. The molecule has 0 amide bonds. The van der Waals surface area contributed by atoms with Crippen molar-refractivity contribution in [3.05, 3.63) is 23.9 Å². The predicted octanol–water partition coefficient (Wildman–Crippen LogP) is 3.58. The number of pyridine rings is 1. The first-order valence-electron chi connectivity index (χ1n) is 10.4.